The van der Waals surface area contributed by atoms with Gasteiger partial charge in [0.05, 0.1) is 10.2 Å². The molecule has 9 nitrogen and oxygen atoms in total. The van der Waals surface area contributed by atoms with Gasteiger partial charge >= 0.3 is 20.5 Å². The van der Waals surface area contributed by atoms with Gasteiger partial charge in [-0.15, -0.1) is 0 Å². The van der Waals surface area contributed by atoms with Crippen LogP contribution in [0, 0.1) is 30.6 Å². The Bertz CT molecular complexity index is 69.6. The van der Waals surface area contributed by atoms with E-state index in [1.165, 1.54) is 0 Å². The van der Waals surface area contributed by atoms with Gasteiger partial charge in [-0.1, -0.05) is 0 Å². The molecular weight excluding hydrogens is 196 g/mol. The summed E-state index contributed by atoms with van der Waals surface area (Å²) < 4.78 is 6.75. The van der Waals surface area contributed by atoms with Gasteiger partial charge in [0.1, 0.15) is 0 Å². The second-order valence-electron chi connectivity index (χ2n) is 0.447. The average molecular weight is 197 g/mol. The molecule has 0 aromatic heterocycles. The van der Waals surface area contributed by atoms with Gasteiger partial charge in [0, 0.05) is 0 Å². The van der Waals surface area contributed by atoms with Crippen molar-refractivity contribution in [3.05, 3.63) is 30.6 Å². The quantitative estimate of drug-likeness (QED) is 0.295. The molecule has 1 N–H and O–H groups in total. The van der Waals surface area contributed by atoms with Crippen LogP contribution in [0.3, 0.4) is 0 Å². The maximum atomic E-state index is 8.25. The number of hydrogen-bond acceptors (Lipinski definition) is 7. The van der Waals surface area contributed by atoms with E-state index in [1.54, 1.807) is 0 Å². The fourth-order valence-electron chi connectivity index (χ4n) is 0. The number of hydrogen-bond donors (Lipinski definition) is 1. The van der Waals surface area contributed by atoms with E-state index in [0.29, 0.717) is 0 Å². The zero-order valence-electron chi connectivity index (χ0n) is 4.14. The molecule has 0 radical (unpaired) electrons. The van der Waals surface area contributed by atoms with E-state index in [9.17, 15) is 0 Å². The summed E-state index contributed by atoms with van der Waals surface area (Å²) in [6.07, 6.45) is 0. The van der Waals surface area contributed by atoms with E-state index >= 15 is 0 Å². The Kier molecular flexibility index (Phi) is 25.0. The Morgan fingerprint density at radius 1 is 0.900 bits per heavy atom. The molecule has 0 aromatic rings. The van der Waals surface area contributed by atoms with Crippen molar-refractivity contribution >= 4 is 0 Å². The average Bonchev–Trinajstić information content (AvgIpc) is 1.66. The molecule has 0 unspecified atom stereocenters. The summed E-state index contributed by atoms with van der Waals surface area (Å²) in [7, 11) is 0. The summed E-state index contributed by atoms with van der Waals surface area (Å²) in [5.74, 6) is 0. The summed E-state index contributed by atoms with van der Waals surface area (Å²) in [4.78, 5) is 16.5. The van der Waals surface area contributed by atoms with Gasteiger partial charge in [0.2, 0.25) is 0 Å². The molecule has 0 amide bonds. The fourth-order valence-corrected chi connectivity index (χ4v) is 0. The molecule has 0 bridgehead atoms. The molecule has 0 rings (SSSR count). The Labute approximate surface area is 62.2 Å². The van der Waals surface area contributed by atoms with Crippen molar-refractivity contribution in [3.8, 4) is 0 Å². The van der Waals surface area contributed by atoms with Gasteiger partial charge in [-0.05, 0) is 0 Å². The molecule has 0 spiro atoms. The first-order valence-electron chi connectivity index (χ1n) is 1.25. The Morgan fingerprint density at radius 3 is 0.900 bits per heavy atom. The van der Waals surface area contributed by atoms with Gasteiger partial charge in [0.15, 0.2) is 0 Å². The van der Waals surface area contributed by atoms with E-state index in [0.717, 1.165) is 0 Å². The molecule has 0 aromatic carbocycles. The van der Waals surface area contributed by atoms with Crippen LogP contribution in [0.5, 0.6) is 0 Å². The number of nitrogens with zero attached hydrogens (tertiary/aromatic N) is 2. The maximum absolute atomic E-state index is 8.25. The van der Waals surface area contributed by atoms with Crippen LogP contribution < -0.4 is 0 Å². The Hall–Kier alpha value is -1.12. The molecule has 10 heteroatoms. The van der Waals surface area contributed by atoms with Gasteiger partial charge in [0.25, 0.3) is 0 Å². The summed E-state index contributed by atoms with van der Waals surface area (Å²) in [6, 6.07) is 0. The topological polar surface area (TPSA) is 153 Å². The standard InChI is InChI=1S/Fe.2NO3.H2O/c;2*2-1(3)4;/h;;;1H2/q+3;2*-1;/p-1. The predicted octanol–water partition coefficient (Wildman–Crippen LogP) is -1.04. The first-order valence-corrected chi connectivity index (χ1v) is 1.75. The van der Waals surface area contributed by atoms with Crippen molar-refractivity contribution in [1.29, 1.82) is 0 Å². The molecule has 0 saturated carbocycles. The Balaban J connectivity index is -0.0000000787. The Morgan fingerprint density at radius 2 is 0.900 bits per heavy atom. The van der Waals surface area contributed by atoms with Crippen LogP contribution in [0.2, 0.25) is 0 Å². The molecule has 0 fully saturated rings. The van der Waals surface area contributed by atoms with E-state index in [4.69, 9.17) is 34.8 Å². The third-order valence-corrected chi connectivity index (χ3v) is 0. The van der Waals surface area contributed by atoms with Crippen molar-refractivity contribution in [2.75, 3.05) is 0 Å². The summed E-state index contributed by atoms with van der Waals surface area (Å²) in [5.41, 5.74) is 0. The van der Waals surface area contributed by atoms with Crippen molar-refractivity contribution < 1.29 is 30.7 Å². The van der Waals surface area contributed by atoms with Crippen LogP contribution in [0.25, 0.3) is 0 Å². The first-order chi connectivity index (χ1) is 4.46. The van der Waals surface area contributed by atoms with E-state index in [1.807, 2.05) is 0 Å². The second-order valence-corrected chi connectivity index (χ2v) is 0.447. The third kappa shape index (κ3) is 189. The SMILES string of the molecule is O=[N+]([O-])[O-].O=[N+]([O-])[O-].[OH][Fe+2]. The molecule has 61 valence electrons. The van der Waals surface area contributed by atoms with Gasteiger partial charge in [-0.3, -0.25) is 0 Å². The van der Waals surface area contributed by atoms with Crippen LogP contribution in [0.4, 0.5) is 0 Å². The van der Waals surface area contributed by atoms with Crippen molar-refractivity contribution in [2.45, 2.75) is 0 Å². The van der Waals surface area contributed by atoms with Crippen molar-refractivity contribution in [2.24, 2.45) is 0 Å². The third-order valence-electron chi connectivity index (χ3n) is 0. The van der Waals surface area contributed by atoms with Crippen LogP contribution >= 0.6 is 0 Å². The van der Waals surface area contributed by atoms with Crippen molar-refractivity contribution in [1.82, 2.24) is 0 Å². The summed E-state index contributed by atoms with van der Waals surface area (Å²) in [5, 5.41) is 29.5. The molecule has 0 saturated heterocycles. The van der Waals surface area contributed by atoms with E-state index in [-0.39, 0.29) is 0 Å². The normalized spacial score (nSPS) is 5.30. The molecule has 0 aliphatic carbocycles. The molecule has 0 atom stereocenters. The molecule has 0 heterocycles. The van der Waals surface area contributed by atoms with E-state index < -0.39 is 10.2 Å². The zero-order valence-corrected chi connectivity index (χ0v) is 5.25. The van der Waals surface area contributed by atoms with Gasteiger partial charge in [-0.2, -0.15) is 0 Å². The molecule has 0 aliphatic heterocycles. The van der Waals surface area contributed by atoms with Crippen LogP contribution in [-0.2, 0) is 16.3 Å². The predicted molar refractivity (Wildman–Crippen MR) is 22.9 cm³/mol. The minimum absolute atomic E-state index is 1.75. The summed E-state index contributed by atoms with van der Waals surface area (Å²) in [6.45, 7) is 0. The van der Waals surface area contributed by atoms with Crippen molar-refractivity contribution in [3.63, 3.8) is 0 Å². The first kappa shape index (κ1) is 15.9. The van der Waals surface area contributed by atoms with Gasteiger partial charge < -0.3 is 30.6 Å². The minimum atomic E-state index is -1.75. The molecule has 10 heavy (non-hydrogen) atoms. The monoisotopic (exact) mass is 197 g/mol. The zero-order chi connectivity index (χ0) is 9.15. The second kappa shape index (κ2) is 15.7. The van der Waals surface area contributed by atoms with E-state index in [2.05, 4.69) is 16.3 Å². The number of rotatable bonds is 0. The molecule has 0 aliphatic rings. The van der Waals surface area contributed by atoms with Gasteiger partial charge in [-0.25, -0.2) is 0 Å². The summed E-state index contributed by atoms with van der Waals surface area (Å²) >= 11 is 2.25. The fraction of sp³-hybridized carbons (Fsp3) is 0. The molecular formula is HFeN2O7. The van der Waals surface area contributed by atoms with Crippen LogP contribution in [-0.4, -0.2) is 14.4 Å². The van der Waals surface area contributed by atoms with Crippen LogP contribution in [0.1, 0.15) is 0 Å². The van der Waals surface area contributed by atoms with Crippen LogP contribution in [0.15, 0.2) is 0 Å².